The third-order valence-corrected chi connectivity index (χ3v) is 4.11. The molecular formula is C14H22ClN5O. The third kappa shape index (κ3) is 3.77. The van der Waals surface area contributed by atoms with Crippen LogP contribution in [0.15, 0.2) is 23.5 Å². The Morgan fingerprint density at radius 1 is 1.48 bits per heavy atom. The fraction of sp³-hybridized carbons (Fsp3) is 0.571. The maximum absolute atomic E-state index is 8.93. The Hall–Kier alpha value is -1.53. The van der Waals surface area contributed by atoms with E-state index < -0.39 is 0 Å². The Kier molecular flexibility index (Phi) is 5.64. The van der Waals surface area contributed by atoms with Gasteiger partial charge in [-0.05, 0) is 18.6 Å². The highest BCUT2D eigenvalue weighted by Gasteiger charge is 2.27. The Balaban J connectivity index is 2.01. The average Bonchev–Trinajstić information content (AvgIpc) is 2.53. The summed E-state index contributed by atoms with van der Waals surface area (Å²) in [7, 11) is 0. The van der Waals surface area contributed by atoms with Crippen LogP contribution in [-0.4, -0.2) is 53.1 Å². The second-order valence-corrected chi connectivity index (χ2v) is 5.57. The van der Waals surface area contributed by atoms with Crippen molar-refractivity contribution in [2.75, 3.05) is 31.1 Å². The summed E-state index contributed by atoms with van der Waals surface area (Å²) in [6, 6.07) is 3.69. The molecular weight excluding hydrogens is 290 g/mol. The van der Waals surface area contributed by atoms with E-state index >= 15 is 0 Å². The number of rotatable bonds is 5. The first kappa shape index (κ1) is 15.9. The molecule has 7 heteroatoms. The zero-order valence-electron chi connectivity index (χ0n) is 12.2. The number of amidine groups is 1. The van der Waals surface area contributed by atoms with Crippen molar-refractivity contribution < 1.29 is 5.21 Å². The second kappa shape index (κ2) is 7.47. The maximum atomic E-state index is 8.93. The zero-order chi connectivity index (χ0) is 15.2. The van der Waals surface area contributed by atoms with Crippen LogP contribution in [0.1, 0.15) is 19.8 Å². The lowest BCUT2D eigenvalue weighted by Crippen LogP contribution is -2.54. The van der Waals surface area contributed by atoms with Crippen LogP contribution in [0.25, 0.3) is 0 Å². The van der Waals surface area contributed by atoms with Gasteiger partial charge in [0.2, 0.25) is 0 Å². The molecule has 1 aliphatic rings. The van der Waals surface area contributed by atoms with E-state index in [9.17, 15) is 0 Å². The van der Waals surface area contributed by atoms with Crippen LogP contribution < -0.4 is 10.6 Å². The molecule has 3 N–H and O–H groups in total. The Morgan fingerprint density at radius 3 is 2.76 bits per heavy atom. The SMILES string of the molecule is CCCC(C(N)=NO)N1CCN(c2ncccc2Cl)CC1. The predicted molar refractivity (Wildman–Crippen MR) is 85.1 cm³/mol. The standard InChI is InChI=1S/C14H22ClN5O/c1-2-4-12(13(16)18-21)19-7-9-20(10-8-19)14-11(15)5-3-6-17-14/h3,5-6,12,21H,2,4,7-10H2,1H3,(H2,16,18). The molecule has 1 atom stereocenters. The van der Waals surface area contributed by atoms with Gasteiger partial charge in [0.05, 0.1) is 11.1 Å². The molecule has 116 valence electrons. The van der Waals surface area contributed by atoms with Gasteiger partial charge in [-0.25, -0.2) is 4.98 Å². The van der Waals surface area contributed by atoms with Gasteiger partial charge in [0, 0.05) is 32.4 Å². The number of anilines is 1. The molecule has 2 rings (SSSR count). The van der Waals surface area contributed by atoms with Gasteiger partial charge in [0.1, 0.15) is 5.82 Å². The highest BCUT2D eigenvalue weighted by Crippen LogP contribution is 2.24. The second-order valence-electron chi connectivity index (χ2n) is 5.16. The van der Waals surface area contributed by atoms with Gasteiger partial charge in [0.15, 0.2) is 5.84 Å². The number of halogens is 1. The third-order valence-electron chi connectivity index (χ3n) is 3.81. The summed E-state index contributed by atoms with van der Waals surface area (Å²) in [6.07, 6.45) is 3.64. The first-order valence-electron chi connectivity index (χ1n) is 7.24. The van der Waals surface area contributed by atoms with E-state index in [1.54, 1.807) is 6.20 Å². The molecule has 1 aromatic rings. The summed E-state index contributed by atoms with van der Waals surface area (Å²) in [4.78, 5) is 8.78. The molecule has 1 saturated heterocycles. The minimum Gasteiger partial charge on any atom is -0.409 e. The van der Waals surface area contributed by atoms with Gasteiger partial charge in [-0.3, -0.25) is 4.90 Å². The minimum atomic E-state index is 0.00125. The molecule has 0 radical (unpaired) electrons. The van der Waals surface area contributed by atoms with Crippen molar-refractivity contribution in [1.82, 2.24) is 9.88 Å². The molecule has 6 nitrogen and oxygen atoms in total. The van der Waals surface area contributed by atoms with E-state index in [1.165, 1.54) is 0 Å². The molecule has 1 unspecified atom stereocenters. The van der Waals surface area contributed by atoms with E-state index in [1.807, 2.05) is 12.1 Å². The zero-order valence-corrected chi connectivity index (χ0v) is 13.0. The number of hydrogen-bond donors (Lipinski definition) is 2. The molecule has 0 bridgehead atoms. The molecule has 0 aliphatic carbocycles. The summed E-state index contributed by atoms with van der Waals surface area (Å²) in [5.41, 5.74) is 5.82. The van der Waals surface area contributed by atoms with Crippen LogP contribution in [-0.2, 0) is 0 Å². The number of hydrogen-bond acceptors (Lipinski definition) is 5. The van der Waals surface area contributed by atoms with Crippen molar-refractivity contribution in [3.8, 4) is 0 Å². The van der Waals surface area contributed by atoms with Crippen LogP contribution in [0.4, 0.5) is 5.82 Å². The molecule has 21 heavy (non-hydrogen) atoms. The summed E-state index contributed by atoms with van der Waals surface area (Å²) >= 11 is 6.19. The largest absolute Gasteiger partial charge is 0.409 e. The Bertz CT molecular complexity index is 488. The van der Waals surface area contributed by atoms with E-state index in [4.69, 9.17) is 22.5 Å². The highest BCUT2D eigenvalue weighted by molar-refractivity contribution is 6.32. The van der Waals surface area contributed by atoms with Crippen LogP contribution >= 0.6 is 11.6 Å². The lowest BCUT2D eigenvalue weighted by atomic mass is 10.1. The topological polar surface area (TPSA) is 78.0 Å². The molecule has 0 amide bonds. The van der Waals surface area contributed by atoms with Gasteiger partial charge >= 0.3 is 0 Å². The first-order chi connectivity index (χ1) is 10.2. The summed E-state index contributed by atoms with van der Waals surface area (Å²) in [6.45, 7) is 5.44. The lowest BCUT2D eigenvalue weighted by Gasteiger charge is -2.39. The smallest absolute Gasteiger partial charge is 0.156 e. The molecule has 0 spiro atoms. The summed E-state index contributed by atoms with van der Waals surface area (Å²) in [5.74, 6) is 1.12. The molecule has 0 aromatic carbocycles. The van der Waals surface area contributed by atoms with Crippen molar-refractivity contribution in [2.45, 2.75) is 25.8 Å². The molecule has 1 aliphatic heterocycles. The van der Waals surface area contributed by atoms with Crippen LogP contribution in [0.3, 0.4) is 0 Å². The quantitative estimate of drug-likeness (QED) is 0.375. The summed E-state index contributed by atoms with van der Waals surface area (Å²) < 4.78 is 0. The highest BCUT2D eigenvalue weighted by atomic mass is 35.5. The average molecular weight is 312 g/mol. The van der Waals surface area contributed by atoms with Crippen LogP contribution in [0.5, 0.6) is 0 Å². The minimum absolute atomic E-state index is 0.00125. The number of piperazine rings is 1. The van der Waals surface area contributed by atoms with Crippen molar-refractivity contribution >= 4 is 23.3 Å². The van der Waals surface area contributed by atoms with E-state index in [0.717, 1.165) is 44.8 Å². The fourth-order valence-electron chi connectivity index (χ4n) is 2.71. The maximum Gasteiger partial charge on any atom is 0.156 e. The van der Waals surface area contributed by atoms with Crippen LogP contribution in [0, 0.1) is 0 Å². The summed E-state index contributed by atoms with van der Waals surface area (Å²) in [5, 5.41) is 12.8. The van der Waals surface area contributed by atoms with Gasteiger partial charge in [-0.1, -0.05) is 30.1 Å². The lowest BCUT2D eigenvalue weighted by molar-refractivity contribution is 0.211. The number of nitrogens with two attached hydrogens (primary N) is 1. The van der Waals surface area contributed by atoms with Crippen LogP contribution in [0.2, 0.25) is 5.02 Å². The van der Waals surface area contributed by atoms with E-state index in [2.05, 4.69) is 26.9 Å². The van der Waals surface area contributed by atoms with Crippen molar-refractivity contribution in [2.24, 2.45) is 10.9 Å². The van der Waals surface area contributed by atoms with Gasteiger partial charge in [-0.15, -0.1) is 0 Å². The van der Waals surface area contributed by atoms with Gasteiger partial charge in [-0.2, -0.15) is 0 Å². The number of oxime groups is 1. The van der Waals surface area contributed by atoms with E-state index in [-0.39, 0.29) is 6.04 Å². The fourth-order valence-corrected chi connectivity index (χ4v) is 2.95. The normalized spacial score (nSPS) is 18.8. The molecule has 1 fully saturated rings. The molecule has 1 aromatic heterocycles. The monoisotopic (exact) mass is 311 g/mol. The first-order valence-corrected chi connectivity index (χ1v) is 7.62. The van der Waals surface area contributed by atoms with Gasteiger partial charge < -0.3 is 15.8 Å². The predicted octanol–water partition coefficient (Wildman–Crippen LogP) is 1.77. The van der Waals surface area contributed by atoms with Crippen molar-refractivity contribution in [3.05, 3.63) is 23.4 Å². The van der Waals surface area contributed by atoms with E-state index in [0.29, 0.717) is 10.9 Å². The molecule has 0 saturated carbocycles. The number of aromatic nitrogens is 1. The van der Waals surface area contributed by atoms with Crippen molar-refractivity contribution in [1.29, 1.82) is 0 Å². The number of nitrogens with zero attached hydrogens (tertiary/aromatic N) is 4. The number of pyridine rings is 1. The van der Waals surface area contributed by atoms with Crippen molar-refractivity contribution in [3.63, 3.8) is 0 Å². The molecule has 2 heterocycles. The Morgan fingerprint density at radius 2 is 2.19 bits per heavy atom. The van der Waals surface area contributed by atoms with Gasteiger partial charge in [0.25, 0.3) is 0 Å². The Labute approximate surface area is 130 Å².